The van der Waals surface area contributed by atoms with Crippen molar-refractivity contribution in [3.8, 4) is 0 Å². The molecule has 0 saturated carbocycles. The van der Waals surface area contributed by atoms with Gasteiger partial charge < -0.3 is 9.63 Å². The highest BCUT2D eigenvalue weighted by molar-refractivity contribution is 9.10. The molecule has 0 bridgehead atoms. The zero-order valence-electron chi connectivity index (χ0n) is 17.6. The lowest BCUT2D eigenvalue weighted by Gasteiger charge is -2.23. The summed E-state index contributed by atoms with van der Waals surface area (Å²) in [4.78, 5) is 27.5. The molecule has 32 heavy (non-hydrogen) atoms. The summed E-state index contributed by atoms with van der Waals surface area (Å²) in [6.07, 6.45) is 0. The average molecular weight is 516 g/mol. The van der Waals surface area contributed by atoms with E-state index in [1.165, 1.54) is 4.90 Å². The van der Waals surface area contributed by atoms with Crippen molar-refractivity contribution in [3.63, 3.8) is 0 Å². The van der Waals surface area contributed by atoms with E-state index in [4.69, 9.17) is 16.1 Å². The smallest absolute Gasteiger partial charge is 0.301 e. The largest absolute Gasteiger partial charge is 0.507 e. The van der Waals surface area contributed by atoms with Crippen LogP contribution in [0.2, 0.25) is 5.02 Å². The molecule has 6 nitrogen and oxygen atoms in total. The van der Waals surface area contributed by atoms with Gasteiger partial charge in [0.2, 0.25) is 0 Å². The molecule has 0 radical (unpaired) electrons. The van der Waals surface area contributed by atoms with Crippen LogP contribution in [0.3, 0.4) is 0 Å². The van der Waals surface area contributed by atoms with Crippen molar-refractivity contribution in [1.29, 1.82) is 0 Å². The number of carbonyl (C=O) groups excluding carboxylic acids is 2. The van der Waals surface area contributed by atoms with Crippen molar-refractivity contribution < 1.29 is 19.2 Å². The van der Waals surface area contributed by atoms with Gasteiger partial charge in [-0.25, -0.2) is 0 Å². The van der Waals surface area contributed by atoms with Gasteiger partial charge in [-0.2, -0.15) is 0 Å². The normalized spacial score (nSPS) is 18.4. The van der Waals surface area contributed by atoms with Gasteiger partial charge in [0.25, 0.3) is 5.78 Å². The number of aromatic nitrogens is 1. The highest BCUT2D eigenvalue weighted by Gasteiger charge is 2.48. The lowest BCUT2D eigenvalue weighted by Crippen LogP contribution is -2.29. The van der Waals surface area contributed by atoms with Gasteiger partial charge in [0.1, 0.15) is 11.5 Å². The fourth-order valence-corrected chi connectivity index (χ4v) is 3.92. The summed E-state index contributed by atoms with van der Waals surface area (Å²) in [5, 5.41) is 15.7. The number of aliphatic hydroxyl groups excluding tert-OH is 1. The number of hydrogen-bond acceptors (Lipinski definition) is 5. The van der Waals surface area contributed by atoms with Crippen molar-refractivity contribution in [1.82, 2.24) is 5.16 Å². The van der Waals surface area contributed by atoms with Crippen molar-refractivity contribution in [3.05, 3.63) is 86.6 Å². The van der Waals surface area contributed by atoms with E-state index in [9.17, 15) is 14.7 Å². The quantitative estimate of drug-likeness (QED) is 0.262. The van der Waals surface area contributed by atoms with Gasteiger partial charge >= 0.3 is 5.91 Å². The molecular formula is C24H20BrClN2O4. The second-order valence-electron chi connectivity index (χ2n) is 8.53. The minimum Gasteiger partial charge on any atom is -0.507 e. The predicted molar refractivity (Wildman–Crippen MR) is 126 cm³/mol. The fraction of sp³-hybridized carbons (Fsp3) is 0.208. The Hall–Kier alpha value is -2.90. The number of rotatable bonds is 3. The third-order valence-corrected chi connectivity index (χ3v) is 6.01. The third kappa shape index (κ3) is 3.98. The van der Waals surface area contributed by atoms with Crippen molar-refractivity contribution in [2.45, 2.75) is 32.2 Å². The number of aliphatic hydroxyl groups is 1. The Labute approximate surface area is 198 Å². The highest BCUT2D eigenvalue weighted by Crippen LogP contribution is 2.42. The second-order valence-corrected chi connectivity index (χ2v) is 9.88. The molecule has 1 aliphatic heterocycles. The van der Waals surface area contributed by atoms with Crippen molar-refractivity contribution in [2.75, 3.05) is 4.90 Å². The van der Waals surface area contributed by atoms with Crippen molar-refractivity contribution in [2.24, 2.45) is 0 Å². The molecule has 164 valence electrons. The minimum atomic E-state index is -0.895. The molecule has 3 aromatic rings. The van der Waals surface area contributed by atoms with Gasteiger partial charge in [0.15, 0.2) is 5.82 Å². The van der Waals surface area contributed by atoms with E-state index < -0.39 is 17.7 Å². The first kappa shape index (κ1) is 22.3. The maximum atomic E-state index is 13.1. The van der Waals surface area contributed by atoms with Crippen molar-refractivity contribution >= 4 is 50.8 Å². The number of ketones is 1. The molecule has 8 heteroatoms. The second kappa shape index (κ2) is 8.22. The van der Waals surface area contributed by atoms with Gasteiger partial charge in [0, 0.05) is 26.5 Å². The van der Waals surface area contributed by atoms with Crippen LogP contribution in [-0.4, -0.2) is 22.0 Å². The van der Waals surface area contributed by atoms with E-state index in [1.54, 1.807) is 54.6 Å². The van der Waals surface area contributed by atoms with Crippen LogP contribution in [0, 0.1) is 0 Å². The molecule has 1 atom stereocenters. The van der Waals surface area contributed by atoms with E-state index in [2.05, 4.69) is 21.1 Å². The Kier molecular flexibility index (Phi) is 5.73. The maximum absolute atomic E-state index is 13.1. The van der Waals surface area contributed by atoms with Crippen LogP contribution in [0.15, 0.2) is 69.2 Å². The lowest BCUT2D eigenvalue weighted by molar-refractivity contribution is -0.132. The first-order chi connectivity index (χ1) is 15.1. The monoisotopic (exact) mass is 514 g/mol. The zero-order chi connectivity index (χ0) is 23.2. The molecule has 1 aliphatic rings. The van der Waals surface area contributed by atoms with Gasteiger partial charge in [-0.15, -0.1) is 0 Å². The molecule has 1 aromatic heterocycles. The first-order valence-electron chi connectivity index (χ1n) is 9.87. The zero-order valence-corrected chi connectivity index (χ0v) is 19.9. The molecule has 0 aliphatic carbocycles. The Morgan fingerprint density at radius 1 is 1.09 bits per heavy atom. The standard InChI is InChI=1S/C24H20BrClN2O4/c1-24(2,3)17-12-18(27-32-17)28-20(13-6-10-16(26)11-7-13)19(22(30)23(28)31)21(29)14-4-8-15(25)9-5-14/h4-12,20,29H,1-3H3/b21-19+/t20-/m1/s1. The molecule has 1 saturated heterocycles. The van der Waals surface area contributed by atoms with E-state index >= 15 is 0 Å². The number of Topliss-reactive ketones (excluding diaryl/α,β-unsaturated/α-hetero) is 1. The molecule has 0 spiro atoms. The summed E-state index contributed by atoms with van der Waals surface area (Å²) >= 11 is 9.41. The summed E-state index contributed by atoms with van der Waals surface area (Å²) in [6.45, 7) is 5.86. The Morgan fingerprint density at radius 3 is 2.28 bits per heavy atom. The number of amides is 1. The van der Waals surface area contributed by atoms with Crippen LogP contribution >= 0.6 is 27.5 Å². The van der Waals surface area contributed by atoms with Crippen LogP contribution in [0.25, 0.3) is 5.76 Å². The lowest BCUT2D eigenvalue weighted by atomic mass is 9.93. The fourth-order valence-electron chi connectivity index (χ4n) is 3.53. The predicted octanol–water partition coefficient (Wildman–Crippen LogP) is 6.01. The van der Waals surface area contributed by atoms with Crippen LogP contribution in [-0.2, 0) is 15.0 Å². The summed E-state index contributed by atoms with van der Waals surface area (Å²) in [5.74, 6) is -1.09. The SMILES string of the molecule is CC(C)(C)c1cc(N2C(=O)C(=O)/C(=C(/O)c3ccc(Br)cc3)[C@H]2c2ccc(Cl)cc2)no1. The molecule has 1 N–H and O–H groups in total. The molecule has 1 fully saturated rings. The highest BCUT2D eigenvalue weighted by atomic mass is 79.9. The minimum absolute atomic E-state index is 0.0278. The van der Waals surface area contributed by atoms with E-state index in [0.29, 0.717) is 21.9 Å². The number of nitrogens with zero attached hydrogens (tertiary/aromatic N) is 2. The Morgan fingerprint density at radius 2 is 1.72 bits per heavy atom. The number of anilines is 1. The number of carbonyl (C=O) groups is 2. The molecule has 4 rings (SSSR count). The molecule has 0 unspecified atom stereocenters. The van der Waals surface area contributed by atoms with E-state index in [-0.39, 0.29) is 22.6 Å². The molecule has 2 aromatic carbocycles. The summed E-state index contributed by atoms with van der Waals surface area (Å²) in [7, 11) is 0. The van der Waals surface area contributed by atoms with Gasteiger partial charge in [-0.05, 0) is 29.8 Å². The van der Waals surface area contributed by atoms with Crippen LogP contribution in [0.4, 0.5) is 5.82 Å². The maximum Gasteiger partial charge on any atom is 0.301 e. The summed E-state index contributed by atoms with van der Waals surface area (Å²) in [5.41, 5.74) is 0.652. The first-order valence-corrected chi connectivity index (χ1v) is 11.0. The van der Waals surface area contributed by atoms with Gasteiger partial charge in [-0.1, -0.05) is 77.7 Å². The molecule has 1 amide bonds. The van der Waals surface area contributed by atoms with E-state index in [0.717, 1.165) is 4.47 Å². The van der Waals surface area contributed by atoms with Crippen LogP contribution in [0.5, 0.6) is 0 Å². The Balaban J connectivity index is 1.91. The number of hydrogen-bond donors (Lipinski definition) is 1. The third-order valence-electron chi connectivity index (χ3n) is 5.23. The molecular weight excluding hydrogens is 496 g/mol. The van der Waals surface area contributed by atoms with E-state index in [1.807, 2.05) is 20.8 Å². The number of halogens is 2. The average Bonchev–Trinajstić information content (AvgIpc) is 3.32. The van der Waals surface area contributed by atoms with Gasteiger partial charge in [-0.3, -0.25) is 14.5 Å². The van der Waals surface area contributed by atoms with Gasteiger partial charge in [0.05, 0.1) is 11.6 Å². The number of benzene rings is 2. The topological polar surface area (TPSA) is 83.6 Å². The summed E-state index contributed by atoms with van der Waals surface area (Å²) < 4.78 is 6.28. The van der Waals surface area contributed by atoms with Crippen LogP contribution < -0.4 is 4.90 Å². The van der Waals surface area contributed by atoms with Crippen LogP contribution in [0.1, 0.15) is 43.7 Å². The molecule has 2 heterocycles. The Bertz CT molecular complexity index is 1220. The summed E-state index contributed by atoms with van der Waals surface area (Å²) in [6, 6.07) is 14.3.